The number of aryl methyl sites for hydroxylation is 1. The molecule has 0 amide bonds. The van der Waals surface area contributed by atoms with E-state index >= 15 is 8.78 Å². The van der Waals surface area contributed by atoms with E-state index in [2.05, 4.69) is 38.4 Å². The normalized spacial score (nSPS) is 15.5. The summed E-state index contributed by atoms with van der Waals surface area (Å²) in [5, 5.41) is 13.2. The molecule has 1 N–H and O–H groups in total. The van der Waals surface area contributed by atoms with Crippen molar-refractivity contribution in [3.05, 3.63) is 70.2 Å². The van der Waals surface area contributed by atoms with E-state index in [1.165, 1.54) is 17.8 Å². The van der Waals surface area contributed by atoms with Gasteiger partial charge in [0.15, 0.2) is 11.6 Å². The summed E-state index contributed by atoms with van der Waals surface area (Å²) in [6, 6.07) is 11.7. The summed E-state index contributed by atoms with van der Waals surface area (Å²) in [6.45, 7) is 2.37. The zero-order valence-electron chi connectivity index (χ0n) is 19.9. The van der Waals surface area contributed by atoms with E-state index < -0.39 is 11.6 Å². The van der Waals surface area contributed by atoms with Crippen LogP contribution in [-0.4, -0.2) is 38.0 Å². The van der Waals surface area contributed by atoms with E-state index in [0.29, 0.717) is 17.7 Å². The van der Waals surface area contributed by atoms with Gasteiger partial charge in [-0.25, -0.2) is 8.78 Å². The summed E-state index contributed by atoms with van der Waals surface area (Å²) < 4.78 is 32.1. The number of hydrogen-bond acceptors (Lipinski definition) is 4. The Hall–Kier alpha value is -3.36. The molecule has 1 fully saturated rings. The van der Waals surface area contributed by atoms with Crippen LogP contribution in [-0.2, 0) is 20.0 Å². The fraction of sp³-hybridized carbons (Fsp3) is 0.286. The second-order valence-electron chi connectivity index (χ2n) is 9.83. The van der Waals surface area contributed by atoms with E-state index in [-0.39, 0.29) is 0 Å². The Morgan fingerprint density at radius 1 is 1.00 bits per heavy atom. The first kappa shape index (κ1) is 21.9. The van der Waals surface area contributed by atoms with Crippen molar-refractivity contribution in [2.75, 3.05) is 13.1 Å². The smallest absolute Gasteiger partial charge is 0.167 e. The first-order valence-corrected chi connectivity index (χ1v) is 13.2. The van der Waals surface area contributed by atoms with E-state index in [9.17, 15) is 0 Å². The van der Waals surface area contributed by atoms with E-state index in [4.69, 9.17) is 0 Å². The standard InChI is InChI=1S/C28H25F2N5S/c1-34-22-11-16(5-6-17(22)14-31-34)27-21-13-24-20(28(21)33-32-27)12-23(36-24)19-8-7-18(25(29)26(19)30)15-35-9-3-2-4-10-35/h5-8,11-12,14H,2-4,9-10,13,15H2,1H3,(H,32,33). The lowest BCUT2D eigenvalue weighted by Gasteiger charge is -2.26. The highest BCUT2D eigenvalue weighted by molar-refractivity contribution is 7.16. The average Bonchev–Trinajstić information content (AvgIpc) is 3.64. The van der Waals surface area contributed by atoms with Gasteiger partial charge in [-0.2, -0.15) is 10.2 Å². The molecule has 0 bridgehead atoms. The van der Waals surface area contributed by atoms with Crippen LogP contribution >= 0.6 is 11.3 Å². The first-order valence-electron chi connectivity index (χ1n) is 12.4. The van der Waals surface area contributed by atoms with Gasteiger partial charge >= 0.3 is 0 Å². The number of likely N-dealkylation sites (tertiary alicyclic amines) is 1. The van der Waals surface area contributed by atoms with Crippen molar-refractivity contribution in [2.45, 2.75) is 32.2 Å². The number of benzene rings is 2. The molecule has 5 aromatic rings. The third-order valence-electron chi connectivity index (χ3n) is 7.58. The molecule has 36 heavy (non-hydrogen) atoms. The molecule has 8 heteroatoms. The number of thiophene rings is 1. The minimum absolute atomic E-state index is 0.331. The molecule has 5 nitrogen and oxygen atoms in total. The van der Waals surface area contributed by atoms with Crippen LogP contribution in [0.3, 0.4) is 0 Å². The Morgan fingerprint density at radius 2 is 1.86 bits per heavy atom. The van der Waals surface area contributed by atoms with Crippen molar-refractivity contribution in [3.63, 3.8) is 0 Å². The van der Waals surface area contributed by atoms with E-state index in [1.807, 2.05) is 24.0 Å². The van der Waals surface area contributed by atoms with E-state index in [1.54, 1.807) is 12.1 Å². The number of nitrogens with zero attached hydrogens (tertiary/aromatic N) is 4. The van der Waals surface area contributed by atoms with Crippen LogP contribution in [0.4, 0.5) is 8.78 Å². The van der Waals surface area contributed by atoms with Gasteiger partial charge in [0.2, 0.25) is 0 Å². The Kier molecular flexibility index (Phi) is 5.08. The van der Waals surface area contributed by atoms with Crippen molar-refractivity contribution in [2.24, 2.45) is 7.05 Å². The number of aromatic nitrogens is 4. The van der Waals surface area contributed by atoms with Crippen molar-refractivity contribution < 1.29 is 8.78 Å². The molecular weight excluding hydrogens is 476 g/mol. The van der Waals surface area contributed by atoms with Gasteiger partial charge in [-0.3, -0.25) is 14.7 Å². The van der Waals surface area contributed by atoms with Crippen LogP contribution in [0.1, 0.15) is 35.3 Å². The second kappa shape index (κ2) is 8.35. The summed E-state index contributed by atoms with van der Waals surface area (Å²) in [5.74, 6) is -1.47. The highest BCUT2D eigenvalue weighted by Crippen LogP contribution is 2.47. The number of halogens is 2. The number of piperidine rings is 1. The highest BCUT2D eigenvalue weighted by atomic mass is 32.1. The van der Waals surface area contributed by atoms with Gasteiger partial charge in [-0.05, 0) is 38.1 Å². The third kappa shape index (κ3) is 3.43. The predicted octanol–water partition coefficient (Wildman–Crippen LogP) is 6.53. The van der Waals surface area contributed by atoms with Crippen LogP contribution in [0.5, 0.6) is 0 Å². The van der Waals surface area contributed by atoms with E-state index in [0.717, 1.165) is 81.1 Å². The number of hydrogen-bond donors (Lipinski definition) is 1. The average molecular weight is 502 g/mol. The first-order chi connectivity index (χ1) is 17.6. The summed E-state index contributed by atoms with van der Waals surface area (Å²) in [5.41, 5.74) is 6.94. The fourth-order valence-corrected chi connectivity index (χ4v) is 6.81. The fourth-order valence-electron chi connectivity index (χ4n) is 5.62. The minimum Gasteiger partial charge on any atom is -0.299 e. The Labute approximate surface area is 211 Å². The third-order valence-corrected chi connectivity index (χ3v) is 8.74. The van der Waals surface area contributed by atoms with Crippen molar-refractivity contribution in [3.8, 4) is 33.0 Å². The lowest BCUT2D eigenvalue weighted by atomic mass is 10.0. The SMILES string of the molecule is Cn1ncc2ccc(-c3n[nH]c4c3Cc3sc(-c5ccc(CN6CCCCC6)c(F)c5F)cc3-4)cc21. The molecule has 0 spiro atoms. The molecule has 182 valence electrons. The largest absolute Gasteiger partial charge is 0.299 e. The van der Waals surface area contributed by atoms with Gasteiger partial charge < -0.3 is 0 Å². The molecule has 4 heterocycles. The summed E-state index contributed by atoms with van der Waals surface area (Å²) in [4.78, 5) is 4.11. The maximum atomic E-state index is 15.2. The molecule has 0 saturated carbocycles. The lowest BCUT2D eigenvalue weighted by Crippen LogP contribution is -2.29. The van der Waals surface area contributed by atoms with Gasteiger partial charge in [0.25, 0.3) is 0 Å². The molecule has 1 saturated heterocycles. The van der Waals surface area contributed by atoms with Crippen LogP contribution < -0.4 is 0 Å². The van der Waals surface area contributed by atoms with Crippen molar-refractivity contribution in [1.29, 1.82) is 0 Å². The number of rotatable bonds is 4. The molecule has 0 radical (unpaired) electrons. The molecule has 1 aliphatic carbocycles. The minimum atomic E-state index is -0.751. The molecule has 1 aliphatic heterocycles. The molecule has 3 aromatic heterocycles. The Bertz CT molecular complexity index is 1620. The molecule has 2 aliphatic rings. The quantitative estimate of drug-likeness (QED) is 0.299. The monoisotopic (exact) mass is 501 g/mol. The zero-order valence-corrected chi connectivity index (χ0v) is 20.8. The maximum absolute atomic E-state index is 15.2. The van der Waals surface area contributed by atoms with Gasteiger partial charge in [0, 0.05) is 63.0 Å². The van der Waals surface area contributed by atoms with Gasteiger partial charge in [0.05, 0.1) is 23.1 Å². The number of aromatic amines is 1. The predicted molar refractivity (Wildman–Crippen MR) is 139 cm³/mol. The van der Waals surface area contributed by atoms with Crippen molar-refractivity contribution >= 4 is 22.2 Å². The van der Waals surface area contributed by atoms with Crippen LogP contribution in [0.15, 0.2) is 42.6 Å². The van der Waals surface area contributed by atoms with Gasteiger partial charge in [-0.15, -0.1) is 11.3 Å². The van der Waals surface area contributed by atoms with Crippen molar-refractivity contribution in [1.82, 2.24) is 24.9 Å². The molecule has 7 rings (SSSR count). The maximum Gasteiger partial charge on any atom is 0.167 e. The van der Waals surface area contributed by atoms with Gasteiger partial charge in [-0.1, -0.05) is 30.7 Å². The molecular formula is C28H25F2N5S. The lowest BCUT2D eigenvalue weighted by molar-refractivity contribution is 0.217. The summed E-state index contributed by atoms with van der Waals surface area (Å²) in [6.07, 6.45) is 6.04. The van der Waals surface area contributed by atoms with Gasteiger partial charge in [0.1, 0.15) is 0 Å². The highest BCUT2D eigenvalue weighted by Gasteiger charge is 2.29. The summed E-state index contributed by atoms with van der Waals surface area (Å²) >= 11 is 1.53. The topological polar surface area (TPSA) is 49.7 Å². The second-order valence-corrected chi connectivity index (χ2v) is 11.0. The van der Waals surface area contributed by atoms with Crippen LogP contribution in [0.2, 0.25) is 0 Å². The molecule has 0 atom stereocenters. The Morgan fingerprint density at radius 3 is 2.72 bits per heavy atom. The number of nitrogens with one attached hydrogen (secondary N) is 1. The number of H-pyrrole nitrogens is 1. The zero-order chi connectivity index (χ0) is 24.4. The molecule has 0 unspecified atom stereocenters. The Balaban J connectivity index is 1.20. The number of fused-ring (bicyclic) bond motifs is 4. The van der Waals surface area contributed by atoms with Crippen LogP contribution in [0.25, 0.3) is 43.9 Å². The molecule has 2 aromatic carbocycles. The van der Waals surface area contributed by atoms with Crippen LogP contribution in [0, 0.1) is 11.6 Å². The summed E-state index contributed by atoms with van der Waals surface area (Å²) in [7, 11) is 1.93.